The number of primary amides is 1. The van der Waals surface area contributed by atoms with Crippen molar-refractivity contribution in [1.29, 1.82) is 0 Å². The number of piperidine rings is 1. The first-order valence-electron chi connectivity index (χ1n) is 5.91. The molecule has 0 aromatic carbocycles. The van der Waals surface area contributed by atoms with Gasteiger partial charge in [0.2, 0.25) is 5.91 Å². The number of hydrogen-bond acceptors (Lipinski definition) is 3. The average Bonchev–Trinajstić information content (AvgIpc) is 2.29. The summed E-state index contributed by atoms with van der Waals surface area (Å²) in [6.45, 7) is 6.13. The first-order chi connectivity index (χ1) is 7.24. The number of nitrogens with one attached hydrogen (secondary N) is 2. The third kappa shape index (κ3) is 5.74. The maximum atomic E-state index is 10.9. The summed E-state index contributed by atoms with van der Waals surface area (Å²) in [6, 6.07) is -0.162. The van der Waals surface area contributed by atoms with E-state index < -0.39 is 0 Å². The first kappa shape index (κ1) is 14.4. The molecule has 90 valence electrons. The van der Waals surface area contributed by atoms with Crippen LogP contribution < -0.4 is 16.4 Å². The molecule has 0 aromatic heterocycles. The molecule has 1 amide bonds. The molecule has 0 saturated carbocycles. The van der Waals surface area contributed by atoms with Crippen molar-refractivity contribution in [1.82, 2.24) is 10.6 Å². The fourth-order valence-electron chi connectivity index (χ4n) is 1.83. The van der Waals surface area contributed by atoms with Gasteiger partial charge in [0.05, 0.1) is 6.04 Å². The van der Waals surface area contributed by atoms with E-state index in [0.717, 1.165) is 19.5 Å². The molecule has 1 heterocycles. The van der Waals surface area contributed by atoms with E-state index in [-0.39, 0.29) is 11.9 Å². The lowest BCUT2D eigenvalue weighted by Crippen LogP contribution is -2.43. The van der Waals surface area contributed by atoms with E-state index in [0.29, 0.717) is 5.92 Å². The van der Waals surface area contributed by atoms with Gasteiger partial charge in [-0.1, -0.05) is 13.8 Å². The van der Waals surface area contributed by atoms with Gasteiger partial charge in [0.1, 0.15) is 0 Å². The molecule has 1 aliphatic rings. The second-order valence-electron chi connectivity index (χ2n) is 3.69. The van der Waals surface area contributed by atoms with Gasteiger partial charge in [-0.25, -0.2) is 0 Å². The highest BCUT2D eigenvalue weighted by molar-refractivity contribution is 5.79. The van der Waals surface area contributed by atoms with E-state index in [4.69, 9.17) is 5.73 Å². The Morgan fingerprint density at radius 2 is 2.27 bits per heavy atom. The Morgan fingerprint density at radius 1 is 1.60 bits per heavy atom. The molecular weight excluding hydrogens is 190 g/mol. The predicted octanol–water partition coefficient (Wildman–Crippen LogP) is 0.476. The Bertz CT molecular complexity index is 167. The minimum atomic E-state index is -0.243. The molecular formula is C11H25N3O. The van der Waals surface area contributed by atoms with Crippen molar-refractivity contribution in [2.75, 3.05) is 20.1 Å². The Labute approximate surface area is 93.0 Å². The summed E-state index contributed by atoms with van der Waals surface area (Å²) in [5.74, 6) is 0.353. The lowest BCUT2D eigenvalue weighted by atomic mass is 9.92. The van der Waals surface area contributed by atoms with Crippen molar-refractivity contribution in [2.24, 2.45) is 11.7 Å². The van der Waals surface area contributed by atoms with E-state index in [1.165, 1.54) is 12.8 Å². The summed E-state index contributed by atoms with van der Waals surface area (Å²) < 4.78 is 0. The topological polar surface area (TPSA) is 67.2 Å². The third-order valence-corrected chi connectivity index (χ3v) is 2.66. The number of hydrogen-bond donors (Lipinski definition) is 3. The summed E-state index contributed by atoms with van der Waals surface area (Å²) >= 11 is 0. The van der Waals surface area contributed by atoms with E-state index in [1.807, 2.05) is 13.8 Å². The lowest BCUT2D eigenvalue weighted by Gasteiger charge is -2.25. The van der Waals surface area contributed by atoms with Gasteiger partial charge < -0.3 is 16.4 Å². The number of carbonyl (C=O) groups is 1. The van der Waals surface area contributed by atoms with Gasteiger partial charge in [-0.15, -0.1) is 0 Å². The van der Waals surface area contributed by atoms with Gasteiger partial charge in [-0.2, -0.15) is 0 Å². The van der Waals surface area contributed by atoms with Gasteiger partial charge in [0.25, 0.3) is 0 Å². The van der Waals surface area contributed by atoms with Crippen molar-refractivity contribution in [2.45, 2.75) is 39.2 Å². The maximum Gasteiger partial charge on any atom is 0.234 e. The number of amides is 1. The SMILES string of the molecule is CC.CNC(CC1CCCNC1)C(N)=O. The number of rotatable bonds is 4. The Hall–Kier alpha value is -0.610. The van der Waals surface area contributed by atoms with Crippen molar-refractivity contribution in [3.8, 4) is 0 Å². The van der Waals surface area contributed by atoms with Crippen molar-refractivity contribution < 1.29 is 4.79 Å². The molecule has 0 radical (unpaired) electrons. The summed E-state index contributed by atoms with van der Waals surface area (Å²) in [5, 5.41) is 6.27. The summed E-state index contributed by atoms with van der Waals surface area (Å²) in [4.78, 5) is 10.9. The number of nitrogens with two attached hydrogens (primary N) is 1. The van der Waals surface area contributed by atoms with E-state index in [2.05, 4.69) is 10.6 Å². The lowest BCUT2D eigenvalue weighted by molar-refractivity contribution is -0.120. The van der Waals surface area contributed by atoms with Crippen LogP contribution in [0.2, 0.25) is 0 Å². The fourth-order valence-corrected chi connectivity index (χ4v) is 1.83. The molecule has 1 fully saturated rings. The van der Waals surface area contributed by atoms with Gasteiger partial charge in [-0.05, 0) is 45.3 Å². The van der Waals surface area contributed by atoms with Crippen molar-refractivity contribution in [3.05, 3.63) is 0 Å². The highest BCUT2D eigenvalue weighted by Crippen LogP contribution is 2.15. The Kier molecular flexibility index (Phi) is 8.33. The third-order valence-electron chi connectivity index (χ3n) is 2.66. The predicted molar refractivity (Wildman–Crippen MR) is 63.6 cm³/mol. The van der Waals surface area contributed by atoms with Gasteiger partial charge >= 0.3 is 0 Å². The smallest absolute Gasteiger partial charge is 0.234 e. The molecule has 1 aliphatic heterocycles. The van der Waals surface area contributed by atoms with E-state index in [1.54, 1.807) is 7.05 Å². The zero-order valence-corrected chi connectivity index (χ0v) is 10.2. The first-order valence-corrected chi connectivity index (χ1v) is 5.91. The molecule has 2 atom stereocenters. The molecule has 0 aromatic rings. The van der Waals surface area contributed by atoms with Crippen molar-refractivity contribution in [3.63, 3.8) is 0 Å². The molecule has 4 N–H and O–H groups in total. The monoisotopic (exact) mass is 215 g/mol. The zero-order chi connectivity index (χ0) is 11.7. The highest BCUT2D eigenvalue weighted by Gasteiger charge is 2.20. The number of likely N-dealkylation sites (N-methyl/N-ethyl adjacent to an activating group) is 1. The van der Waals surface area contributed by atoms with Crippen LogP contribution in [-0.4, -0.2) is 32.1 Å². The molecule has 4 heteroatoms. The molecule has 1 rings (SSSR count). The molecule has 15 heavy (non-hydrogen) atoms. The molecule has 2 unspecified atom stereocenters. The van der Waals surface area contributed by atoms with E-state index in [9.17, 15) is 4.79 Å². The van der Waals surface area contributed by atoms with Gasteiger partial charge in [0, 0.05) is 0 Å². The molecule has 4 nitrogen and oxygen atoms in total. The normalized spacial score (nSPS) is 22.5. The Morgan fingerprint density at radius 3 is 2.67 bits per heavy atom. The summed E-state index contributed by atoms with van der Waals surface area (Å²) in [5.41, 5.74) is 5.24. The minimum absolute atomic E-state index is 0.162. The Balaban J connectivity index is 0.000000921. The van der Waals surface area contributed by atoms with Crippen LogP contribution in [0.25, 0.3) is 0 Å². The van der Waals surface area contributed by atoms with Crippen LogP contribution in [0.15, 0.2) is 0 Å². The second kappa shape index (κ2) is 8.68. The van der Waals surface area contributed by atoms with Crippen LogP contribution >= 0.6 is 0 Å². The van der Waals surface area contributed by atoms with Crippen LogP contribution in [0.1, 0.15) is 33.1 Å². The largest absolute Gasteiger partial charge is 0.368 e. The van der Waals surface area contributed by atoms with Crippen LogP contribution in [0, 0.1) is 5.92 Å². The summed E-state index contributed by atoms with van der Waals surface area (Å²) in [6.07, 6.45) is 3.27. The van der Waals surface area contributed by atoms with Crippen LogP contribution in [-0.2, 0) is 4.79 Å². The highest BCUT2D eigenvalue weighted by atomic mass is 16.1. The zero-order valence-electron chi connectivity index (χ0n) is 10.2. The van der Waals surface area contributed by atoms with Gasteiger partial charge in [-0.3, -0.25) is 4.79 Å². The molecule has 0 bridgehead atoms. The standard InChI is InChI=1S/C9H19N3O.C2H6/c1-11-8(9(10)13)5-7-3-2-4-12-6-7;1-2/h7-8,11-12H,2-6H2,1H3,(H2,10,13);1-2H3. The quantitative estimate of drug-likeness (QED) is 0.639. The maximum absolute atomic E-state index is 10.9. The van der Waals surface area contributed by atoms with Crippen molar-refractivity contribution >= 4 is 5.91 Å². The molecule has 0 aliphatic carbocycles. The molecule has 1 saturated heterocycles. The molecule has 0 spiro atoms. The summed E-state index contributed by atoms with van der Waals surface area (Å²) in [7, 11) is 1.78. The average molecular weight is 215 g/mol. The fraction of sp³-hybridized carbons (Fsp3) is 0.909. The van der Waals surface area contributed by atoms with E-state index >= 15 is 0 Å². The van der Waals surface area contributed by atoms with Crippen LogP contribution in [0.4, 0.5) is 0 Å². The van der Waals surface area contributed by atoms with Gasteiger partial charge in [0.15, 0.2) is 0 Å². The minimum Gasteiger partial charge on any atom is -0.368 e. The second-order valence-corrected chi connectivity index (χ2v) is 3.69. The van der Waals surface area contributed by atoms with Crippen LogP contribution in [0.3, 0.4) is 0 Å². The number of carbonyl (C=O) groups excluding carboxylic acids is 1. The van der Waals surface area contributed by atoms with Crippen LogP contribution in [0.5, 0.6) is 0 Å².